The number of anilines is 1. The fourth-order valence-electron chi connectivity index (χ4n) is 5.58. The van der Waals surface area contributed by atoms with Gasteiger partial charge in [-0.05, 0) is 42.7 Å². The molecule has 2 bridgehead atoms. The monoisotopic (exact) mass is 429 g/mol. The largest absolute Gasteiger partial charge is 0.292 e. The Morgan fingerprint density at radius 2 is 1.81 bits per heavy atom. The van der Waals surface area contributed by atoms with Gasteiger partial charge in [0, 0.05) is 22.4 Å². The van der Waals surface area contributed by atoms with Gasteiger partial charge in [0.05, 0.1) is 0 Å². The van der Waals surface area contributed by atoms with Crippen LogP contribution in [0.1, 0.15) is 59.8 Å². The Balaban J connectivity index is 1.96. The number of hydrogen-bond acceptors (Lipinski definition) is 2. The van der Waals surface area contributed by atoms with E-state index in [1.807, 2.05) is 35.2 Å². The maximum atomic E-state index is 13.8. The summed E-state index contributed by atoms with van der Waals surface area (Å²) in [7, 11) is 0. The molecule has 1 aromatic carbocycles. The maximum absolute atomic E-state index is 13.8. The molecule has 1 fully saturated rings. The number of alkyl halides is 1. The number of unbranched alkanes of at least 4 members (excludes halogenated alkanes) is 1. The van der Waals surface area contributed by atoms with Crippen LogP contribution < -0.4 is 4.90 Å². The first kappa shape index (κ1) is 18.9. The van der Waals surface area contributed by atoms with Crippen LogP contribution in [0.4, 0.5) is 5.69 Å². The van der Waals surface area contributed by atoms with Gasteiger partial charge in [0.15, 0.2) is 10.1 Å². The SMILES string of the molecule is CCCC[C@@]1(Br)C(=O)C2=C(N(c3ccccc3)C1=O)[C@]1(C)CC[C@@H]2C1(C)C. The fourth-order valence-corrected chi connectivity index (χ4v) is 6.25. The van der Waals surface area contributed by atoms with Crippen LogP contribution in [0.15, 0.2) is 41.6 Å². The second kappa shape index (κ2) is 6.04. The molecule has 0 N–H and O–H groups in total. The Morgan fingerprint density at radius 1 is 1.15 bits per heavy atom. The number of carbonyl (C=O) groups excluding carboxylic acids is 2. The third-order valence-electron chi connectivity index (χ3n) is 7.61. The van der Waals surface area contributed by atoms with Gasteiger partial charge in [-0.3, -0.25) is 14.5 Å². The zero-order valence-electron chi connectivity index (χ0n) is 16.6. The van der Waals surface area contributed by atoms with Crippen molar-refractivity contribution in [3.8, 4) is 0 Å². The molecule has 0 aromatic heterocycles. The molecular formula is C23H28BrNO2. The van der Waals surface area contributed by atoms with Gasteiger partial charge < -0.3 is 0 Å². The first-order valence-corrected chi connectivity index (χ1v) is 10.9. The van der Waals surface area contributed by atoms with Gasteiger partial charge in [-0.1, -0.05) is 74.7 Å². The van der Waals surface area contributed by atoms with Gasteiger partial charge in [-0.15, -0.1) is 0 Å². The number of rotatable bonds is 4. The van der Waals surface area contributed by atoms with Crippen LogP contribution in [0.25, 0.3) is 0 Å². The minimum Gasteiger partial charge on any atom is -0.292 e. The predicted molar refractivity (Wildman–Crippen MR) is 112 cm³/mol. The quantitative estimate of drug-likeness (QED) is 0.458. The van der Waals surface area contributed by atoms with E-state index in [0.717, 1.165) is 42.6 Å². The lowest BCUT2D eigenvalue weighted by molar-refractivity contribution is -0.129. The van der Waals surface area contributed by atoms with Crippen LogP contribution in [0, 0.1) is 16.7 Å². The molecule has 1 aliphatic heterocycles. The third-order valence-corrected chi connectivity index (χ3v) is 8.71. The highest BCUT2D eigenvalue weighted by Crippen LogP contribution is 2.70. The van der Waals surface area contributed by atoms with Crippen LogP contribution in [-0.4, -0.2) is 16.0 Å². The van der Waals surface area contributed by atoms with E-state index in [4.69, 9.17) is 0 Å². The lowest BCUT2D eigenvalue weighted by Gasteiger charge is -2.45. The molecule has 0 unspecified atom stereocenters. The molecule has 1 aromatic rings. The van der Waals surface area contributed by atoms with Crippen LogP contribution in [-0.2, 0) is 9.59 Å². The highest BCUT2D eigenvalue weighted by molar-refractivity contribution is 9.10. The van der Waals surface area contributed by atoms with Gasteiger partial charge in [0.2, 0.25) is 0 Å². The van der Waals surface area contributed by atoms with Gasteiger partial charge in [0.1, 0.15) is 0 Å². The summed E-state index contributed by atoms with van der Waals surface area (Å²) in [6, 6.07) is 9.84. The molecule has 4 rings (SSSR count). The highest BCUT2D eigenvalue weighted by atomic mass is 79.9. The molecule has 2 aliphatic carbocycles. The Kier molecular flexibility index (Phi) is 4.23. The molecule has 144 valence electrons. The second-order valence-electron chi connectivity index (χ2n) is 9.12. The molecule has 3 aliphatic rings. The van der Waals surface area contributed by atoms with Crippen molar-refractivity contribution >= 4 is 33.3 Å². The van der Waals surface area contributed by atoms with Gasteiger partial charge in [-0.25, -0.2) is 0 Å². The maximum Gasteiger partial charge on any atom is 0.256 e. The lowest BCUT2D eigenvalue weighted by atomic mass is 9.69. The smallest absolute Gasteiger partial charge is 0.256 e. The van der Waals surface area contributed by atoms with E-state index in [2.05, 4.69) is 43.6 Å². The molecule has 0 radical (unpaired) electrons. The normalized spacial score (nSPS) is 34.4. The van der Waals surface area contributed by atoms with Crippen molar-refractivity contribution < 1.29 is 9.59 Å². The van der Waals surface area contributed by atoms with Crippen molar-refractivity contribution in [2.75, 3.05) is 4.90 Å². The molecule has 0 saturated heterocycles. The van der Waals surface area contributed by atoms with E-state index in [0.29, 0.717) is 6.42 Å². The van der Waals surface area contributed by atoms with E-state index in [9.17, 15) is 9.59 Å². The number of amides is 1. The zero-order chi connectivity index (χ0) is 19.6. The number of benzene rings is 1. The van der Waals surface area contributed by atoms with Crippen molar-refractivity contribution in [3.63, 3.8) is 0 Å². The molecule has 3 nitrogen and oxygen atoms in total. The fraction of sp³-hybridized carbons (Fsp3) is 0.565. The molecule has 3 atom stereocenters. The summed E-state index contributed by atoms with van der Waals surface area (Å²) in [5, 5.41) is 0. The first-order valence-electron chi connectivity index (χ1n) is 10.1. The molecular weight excluding hydrogens is 402 g/mol. The number of hydrogen-bond donors (Lipinski definition) is 0. The lowest BCUT2D eigenvalue weighted by Crippen LogP contribution is -2.57. The summed E-state index contributed by atoms with van der Waals surface area (Å²) in [5.41, 5.74) is 2.56. The van der Waals surface area contributed by atoms with E-state index in [-0.39, 0.29) is 28.4 Å². The number of carbonyl (C=O) groups is 2. The van der Waals surface area contributed by atoms with Crippen LogP contribution in [0.2, 0.25) is 0 Å². The Bertz CT molecular complexity index is 843. The van der Waals surface area contributed by atoms with E-state index < -0.39 is 4.32 Å². The number of halogens is 1. The highest BCUT2D eigenvalue weighted by Gasteiger charge is 2.68. The Hall–Kier alpha value is -1.42. The molecule has 4 heteroatoms. The molecule has 1 amide bonds. The summed E-state index contributed by atoms with van der Waals surface area (Å²) in [5.74, 6) is 0.128. The van der Waals surface area contributed by atoms with Crippen molar-refractivity contribution in [2.24, 2.45) is 16.7 Å². The molecule has 0 spiro atoms. The van der Waals surface area contributed by atoms with Crippen molar-refractivity contribution in [1.29, 1.82) is 0 Å². The predicted octanol–water partition coefficient (Wildman–Crippen LogP) is 5.64. The average Bonchev–Trinajstić information content (AvgIpc) is 2.98. The first-order chi connectivity index (χ1) is 12.7. The minimum atomic E-state index is -1.13. The number of Topliss-reactive ketones (excluding diaryl/α,β-unsaturated/α-hetero) is 1. The standard InChI is InChI=1S/C23H28BrNO2/c1-5-6-13-23(24)19(26)17-16-12-14-22(4,21(16,2)3)18(17)25(20(23)27)15-10-8-7-9-11-15/h7-11,16H,5-6,12-14H2,1-4H3/t16-,22-,23+/m0/s1. The summed E-state index contributed by atoms with van der Waals surface area (Å²) in [6.07, 6.45) is 4.40. The second-order valence-corrected chi connectivity index (χ2v) is 10.5. The molecule has 1 heterocycles. The van der Waals surface area contributed by atoms with Crippen LogP contribution >= 0.6 is 15.9 Å². The van der Waals surface area contributed by atoms with E-state index in [1.165, 1.54) is 0 Å². The van der Waals surface area contributed by atoms with Crippen molar-refractivity contribution in [3.05, 3.63) is 41.6 Å². The number of para-hydroxylation sites is 1. The summed E-state index contributed by atoms with van der Waals surface area (Å²) >= 11 is 3.65. The topological polar surface area (TPSA) is 37.4 Å². The number of allylic oxidation sites excluding steroid dienone is 2. The molecule has 1 saturated carbocycles. The Morgan fingerprint density at radius 3 is 2.44 bits per heavy atom. The average molecular weight is 430 g/mol. The number of ketones is 1. The Labute approximate surface area is 170 Å². The van der Waals surface area contributed by atoms with Gasteiger partial charge >= 0.3 is 0 Å². The van der Waals surface area contributed by atoms with E-state index in [1.54, 1.807) is 0 Å². The van der Waals surface area contributed by atoms with Crippen molar-refractivity contribution in [2.45, 2.75) is 64.1 Å². The van der Waals surface area contributed by atoms with Crippen molar-refractivity contribution in [1.82, 2.24) is 0 Å². The third kappa shape index (κ3) is 2.25. The summed E-state index contributed by atoms with van der Waals surface area (Å²) < 4.78 is -1.13. The van der Waals surface area contributed by atoms with Crippen LogP contribution in [0.5, 0.6) is 0 Å². The number of fused-ring (bicyclic) bond motifs is 4. The van der Waals surface area contributed by atoms with Crippen LogP contribution in [0.3, 0.4) is 0 Å². The molecule has 27 heavy (non-hydrogen) atoms. The van der Waals surface area contributed by atoms with Gasteiger partial charge in [0.25, 0.3) is 5.91 Å². The number of nitrogens with zero attached hydrogens (tertiary/aromatic N) is 1. The minimum absolute atomic E-state index is 0.0182. The van der Waals surface area contributed by atoms with E-state index >= 15 is 0 Å². The zero-order valence-corrected chi connectivity index (χ0v) is 18.2. The summed E-state index contributed by atoms with van der Waals surface area (Å²) in [4.78, 5) is 29.3. The van der Waals surface area contributed by atoms with Gasteiger partial charge in [-0.2, -0.15) is 0 Å². The summed E-state index contributed by atoms with van der Waals surface area (Å²) in [6.45, 7) is 8.88.